The highest BCUT2D eigenvalue weighted by Crippen LogP contribution is 2.48. The van der Waals surface area contributed by atoms with Crippen LogP contribution in [0.1, 0.15) is 63.2 Å². The summed E-state index contributed by atoms with van der Waals surface area (Å²) >= 11 is 0. The number of aromatic amines is 1. The van der Waals surface area contributed by atoms with Crippen molar-refractivity contribution in [1.82, 2.24) is 14.9 Å². The predicted molar refractivity (Wildman–Crippen MR) is 119 cm³/mol. The molecular weight excluding hydrogens is 390 g/mol. The van der Waals surface area contributed by atoms with Gasteiger partial charge in [0.15, 0.2) is 0 Å². The van der Waals surface area contributed by atoms with Crippen LogP contribution in [0.2, 0.25) is 0 Å². The Labute approximate surface area is 184 Å². The number of nitrogens with one attached hydrogen (secondary N) is 1. The molecule has 1 N–H and O–H groups in total. The predicted octanol–water partition coefficient (Wildman–Crippen LogP) is 4.64. The molecule has 0 unspecified atom stereocenters. The molecule has 3 atom stereocenters. The molecule has 0 saturated carbocycles. The van der Waals surface area contributed by atoms with Gasteiger partial charge in [-0.25, -0.2) is 4.98 Å². The van der Waals surface area contributed by atoms with Gasteiger partial charge in [0.25, 0.3) is 0 Å². The molecule has 1 amide bonds. The van der Waals surface area contributed by atoms with Gasteiger partial charge in [0.1, 0.15) is 18.2 Å². The van der Waals surface area contributed by atoms with E-state index < -0.39 is 0 Å². The number of hydrogen-bond acceptors (Lipinski definition) is 4. The van der Waals surface area contributed by atoms with Crippen LogP contribution in [0.4, 0.5) is 0 Å². The van der Waals surface area contributed by atoms with Gasteiger partial charge < -0.3 is 19.4 Å². The number of imidazole rings is 1. The molecule has 31 heavy (non-hydrogen) atoms. The first kappa shape index (κ1) is 20.6. The number of likely N-dealkylation sites (tertiary alicyclic amines) is 1. The zero-order valence-electron chi connectivity index (χ0n) is 19.0. The van der Waals surface area contributed by atoms with Crippen molar-refractivity contribution in [2.75, 3.05) is 19.8 Å². The highest BCUT2D eigenvalue weighted by molar-refractivity contribution is 5.80. The van der Waals surface area contributed by atoms with Crippen molar-refractivity contribution in [2.24, 2.45) is 17.3 Å². The van der Waals surface area contributed by atoms with Crippen molar-refractivity contribution in [3.63, 3.8) is 0 Å². The highest BCUT2D eigenvalue weighted by Gasteiger charge is 2.49. The molecule has 2 fully saturated rings. The molecule has 1 spiro atoms. The van der Waals surface area contributed by atoms with Crippen molar-refractivity contribution in [2.45, 2.75) is 59.6 Å². The summed E-state index contributed by atoms with van der Waals surface area (Å²) in [6.45, 7) is 11.1. The van der Waals surface area contributed by atoms with Gasteiger partial charge in [0.05, 0.1) is 24.0 Å². The first-order chi connectivity index (χ1) is 14.9. The summed E-state index contributed by atoms with van der Waals surface area (Å²) in [5.41, 5.74) is 4.19. The Kier molecular flexibility index (Phi) is 5.08. The van der Waals surface area contributed by atoms with Crippen LogP contribution in [-0.4, -0.2) is 40.5 Å². The number of H-pyrrole nitrogens is 1. The lowest BCUT2D eigenvalue weighted by molar-refractivity contribution is -0.138. The summed E-state index contributed by atoms with van der Waals surface area (Å²) in [6, 6.07) is 6.20. The van der Waals surface area contributed by atoms with Gasteiger partial charge in [-0.3, -0.25) is 4.79 Å². The average molecular weight is 424 g/mol. The maximum absolute atomic E-state index is 13.5. The van der Waals surface area contributed by atoms with Crippen LogP contribution < -0.4 is 4.74 Å². The van der Waals surface area contributed by atoms with Crippen LogP contribution in [0.3, 0.4) is 0 Å². The summed E-state index contributed by atoms with van der Waals surface area (Å²) < 4.78 is 11.9. The van der Waals surface area contributed by atoms with Crippen LogP contribution in [0, 0.1) is 24.2 Å². The third kappa shape index (κ3) is 3.55. The quantitative estimate of drug-likeness (QED) is 0.781. The zero-order chi connectivity index (χ0) is 21.8. The van der Waals surface area contributed by atoms with Crippen LogP contribution >= 0.6 is 0 Å². The topological polar surface area (TPSA) is 67.5 Å². The van der Waals surface area contributed by atoms with E-state index in [-0.39, 0.29) is 23.3 Å². The number of ether oxygens (including phenoxy) is 2. The largest absolute Gasteiger partial charge is 0.487 e. The van der Waals surface area contributed by atoms with Gasteiger partial charge >= 0.3 is 0 Å². The summed E-state index contributed by atoms with van der Waals surface area (Å²) in [5, 5.41) is 0. The Morgan fingerprint density at radius 2 is 2.16 bits per heavy atom. The van der Waals surface area contributed by atoms with E-state index in [2.05, 4.69) is 48.9 Å². The Balaban J connectivity index is 1.51. The number of carbonyl (C=O) groups is 1. The third-order valence-electron chi connectivity index (χ3n) is 7.46. The van der Waals surface area contributed by atoms with E-state index in [4.69, 9.17) is 14.5 Å². The molecule has 6 heteroatoms. The molecule has 2 saturated heterocycles. The molecule has 0 aliphatic carbocycles. The first-order valence-corrected chi connectivity index (χ1v) is 11.6. The molecular formula is C25H33N3O3. The SMILES string of the molecule is Cc1ccc2c(c1)OCc1[nH]c([C@@H]3C[C@@]4(CCCOC4)CN3C(=O)[C@@H](C)C(C)C)nc1-2. The maximum atomic E-state index is 13.5. The van der Waals surface area contributed by atoms with Gasteiger partial charge in [0.2, 0.25) is 5.91 Å². The fraction of sp³-hybridized carbons (Fsp3) is 0.600. The van der Waals surface area contributed by atoms with Crippen LogP contribution in [0.25, 0.3) is 11.3 Å². The summed E-state index contributed by atoms with van der Waals surface area (Å²) in [6.07, 6.45) is 3.07. The lowest BCUT2D eigenvalue weighted by atomic mass is 9.80. The minimum atomic E-state index is -0.0464. The molecule has 3 aliphatic rings. The summed E-state index contributed by atoms with van der Waals surface area (Å²) in [5.74, 6) is 2.28. The van der Waals surface area contributed by atoms with Gasteiger partial charge in [-0.1, -0.05) is 26.8 Å². The molecule has 2 aromatic rings. The summed E-state index contributed by atoms with van der Waals surface area (Å²) in [4.78, 5) is 24.2. The molecule has 1 aromatic carbocycles. The maximum Gasteiger partial charge on any atom is 0.226 e. The molecule has 5 rings (SSSR count). The van der Waals surface area contributed by atoms with E-state index in [1.807, 2.05) is 6.92 Å². The number of fused-ring (bicyclic) bond motifs is 3. The van der Waals surface area contributed by atoms with E-state index in [0.717, 1.165) is 67.5 Å². The second kappa shape index (κ2) is 7.66. The van der Waals surface area contributed by atoms with Crippen molar-refractivity contribution in [1.29, 1.82) is 0 Å². The van der Waals surface area contributed by atoms with E-state index in [1.165, 1.54) is 5.56 Å². The van der Waals surface area contributed by atoms with Crippen molar-refractivity contribution in [3.8, 4) is 17.0 Å². The number of benzene rings is 1. The third-order valence-corrected chi connectivity index (χ3v) is 7.46. The molecule has 1 aromatic heterocycles. The molecule has 3 aliphatic heterocycles. The standard InChI is InChI=1S/C25H33N3O3/c1-15(2)17(4)24(29)28-13-25(8-5-9-30-14-25)11-20(28)23-26-19-12-31-21-10-16(3)6-7-18(21)22(19)27-23/h6-7,10,15,17,20H,5,8-9,11-14H2,1-4H3,(H,26,27)/t17-,20-,25-/m0/s1. The second-order valence-corrected chi connectivity index (χ2v) is 10.1. The number of carbonyl (C=O) groups excluding carboxylic acids is 1. The fourth-order valence-electron chi connectivity index (χ4n) is 5.28. The van der Waals surface area contributed by atoms with Crippen LogP contribution in [0.5, 0.6) is 5.75 Å². The highest BCUT2D eigenvalue weighted by atomic mass is 16.5. The Morgan fingerprint density at radius 3 is 2.90 bits per heavy atom. The minimum Gasteiger partial charge on any atom is -0.487 e. The minimum absolute atomic E-state index is 0.0150. The van der Waals surface area contributed by atoms with Crippen molar-refractivity contribution < 1.29 is 14.3 Å². The fourth-order valence-corrected chi connectivity index (χ4v) is 5.28. The van der Waals surface area contributed by atoms with Crippen molar-refractivity contribution in [3.05, 3.63) is 35.3 Å². The number of aromatic nitrogens is 2. The zero-order valence-corrected chi connectivity index (χ0v) is 19.0. The lowest BCUT2D eigenvalue weighted by Gasteiger charge is -2.33. The lowest BCUT2D eigenvalue weighted by Crippen LogP contribution is -2.40. The normalized spacial score (nSPS) is 26.0. The van der Waals surface area contributed by atoms with Gasteiger partial charge in [0, 0.05) is 30.0 Å². The van der Waals surface area contributed by atoms with E-state index in [9.17, 15) is 4.79 Å². The number of nitrogens with zero attached hydrogens (tertiary/aromatic N) is 2. The molecule has 0 bridgehead atoms. The molecule has 6 nitrogen and oxygen atoms in total. The Bertz CT molecular complexity index is 990. The summed E-state index contributed by atoms with van der Waals surface area (Å²) in [7, 11) is 0. The first-order valence-electron chi connectivity index (χ1n) is 11.6. The smallest absolute Gasteiger partial charge is 0.226 e. The second-order valence-electron chi connectivity index (χ2n) is 10.1. The molecule has 166 valence electrons. The van der Waals surface area contributed by atoms with Crippen LogP contribution in [-0.2, 0) is 16.1 Å². The molecule has 4 heterocycles. The molecule has 0 radical (unpaired) electrons. The number of rotatable bonds is 3. The van der Waals surface area contributed by atoms with Crippen molar-refractivity contribution >= 4 is 5.91 Å². The number of aryl methyl sites for hydroxylation is 1. The van der Waals surface area contributed by atoms with Gasteiger partial charge in [-0.05, 0) is 49.8 Å². The number of amides is 1. The average Bonchev–Trinajstić information content (AvgIpc) is 3.35. The monoisotopic (exact) mass is 423 g/mol. The van der Waals surface area contributed by atoms with E-state index in [0.29, 0.717) is 12.5 Å². The van der Waals surface area contributed by atoms with E-state index in [1.54, 1.807) is 0 Å². The number of hydrogen-bond donors (Lipinski definition) is 1. The van der Waals surface area contributed by atoms with Gasteiger partial charge in [-0.2, -0.15) is 0 Å². The van der Waals surface area contributed by atoms with Crippen LogP contribution in [0.15, 0.2) is 18.2 Å². The Hall–Kier alpha value is -2.34. The Morgan fingerprint density at radius 1 is 1.32 bits per heavy atom. The van der Waals surface area contributed by atoms with Gasteiger partial charge in [-0.15, -0.1) is 0 Å². The van der Waals surface area contributed by atoms with E-state index >= 15 is 0 Å².